The highest BCUT2D eigenvalue weighted by molar-refractivity contribution is 5.93. The number of anilines is 1. The van der Waals surface area contributed by atoms with E-state index in [1.165, 1.54) is 0 Å². The number of aromatic nitrogens is 3. The summed E-state index contributed by atoms with van der Waals surface area (Å²) in [7, 11) is 0. The summed E-state index contributed by atoms with van der Waals surface area (Å²) in [6, 6.07) is 3.99. The maximum Gasteiger partial charge on any atom is 0.261 e. The molecule has 0 amide bonds. The number of hydrogen-bond acceptors (Lipinski definition) is 7. The second kappa shape index (κ2) is 9.58. The lowest BCUT2D eigenvalue weighted by Crippen LogP contribution is -2.53. The van der Waals surface area contributed by atoms with Gasteiger partial charge in [0.2, 0.25) is 0 Å². The van der Waals surface area contributed by atoms with Crippen LogP contribution in [0, 0.1) is 25.6 Å². The van der Waals surface area contributed by atoms with E-state index >= 15 is 4.39 Å². The van der Waals surface area contributed by atoms with Gasteiger partial charge in [0.05, 0.1) is 5.56 Å². The van der Waals surface area contributed by atoms with Crippen molar-refractivity contribution in [2.24, 2.45) is 5.92 Å². The molecule has 2 saturated heterocycles. The van der Waals surface area contributed by atoms with E-state index in [1.54, 1.807) is 6.07 Å². The van der Waals surface area contributed by atoms with Gasteiger partial charge in [-0.25, -0.2) is 9.37 Å². The lowest BCUT2D eigenvalue weighted by atomic mass is 9.97. The predicted octanol–water partition coefficient (Wildman–Crippen LogP) is 4.54. The van der Waals surface area contributed by atoms with Crippen molar-refractivity contribution in [2.75, 3.05) is 44.3 Å². The first-order valence-electron chi connectivity index (χ1n) is 12.4. The third-order valence-electron chi connectivity index (χ3n) is 7.39. The van der Waals surface area contributed by atoms with Gasteiger partial charge in [-0.3, -0.25) is 4.90 Å². The quantitative estimate of drug-likeness (QED) is 0.546. The largest absolute Gasteiger partial charge is 0.381 e. The molecule has 1 atom stereocenters. The van der Waals surface area contributed by atoms with Crippen LogP contribution in [0.3, 0.4) is 0 Å². The summed E-state index contributed by atoms with van der Waals surface area (Å²) >= 11 is 0. The van der Waals surface area contributed by atoms with Crippen LogP contribution < -0.4 is 4.90 Å². The second-order valence-corrected chi connectivity index (χ2v) is 9.76. The molecule has 0 spiro atoms. The van der Waals surface area contributed by atoms with Crippen LogP contribution in [0.5, 0.6) is 0 Å². The number of piperazine rings is 1. The Hall–Kier alpha value is -2.58. The molecule has 2 aliphatic heterocycles. The van der Waals surface area contributed by atoms with Crippen molar-refractivity contribution in [1.29, 1.82) is 0 Å². The minimum absolute atomic E-state index is 0.279. The standard InChI is InChI=1S/C26H34FN5O2/c1-5-19-12-21-17(3)23(26-28-18(4)30-34-26)25(29-24(21)22(27)13-19)32-9-8-31(16(2)14-32)15-20-6-10-33-11-7-20/h12-13,16,20H,5-11,14-15H2,1-4H3/t16-/m0/s1. The molecule has 34 heavy (non-hydrogen) atoms. The number of pyridine rings is 1. The van der Waals surface area contributed by atoms with Crippen molar-refractivity contribution in [2.45, 2.75) is 53.0 Å². The van der Waals surface area contributed by atoms with Gasteiger partial charge in [-0.15, -0.1) is 0 Å². The van der Waals surface area contributed by atoms with Crippen molar-refractivity contribution in [3.8, 4) is 11.5 Å². The van der Waals surface area contributed by atoms with Crippen molar-refractivity contribution in [3.63, 3.8) is 0 Å². The number of hydrogen-bond donors (Lipinski definition) is 0. The number of ether oxygens (including phenoxy) is 1. The number of benzene rings is 1. The van der Waals surface area contributed by atoms with Crippen LogP contribution in [0.2, 0.25) is 0 Å². The Morgan fingerprint density at radius 1 is 1.12 bits per heavy atom. The van der Waals surface area contributed by atoms with Crippen LogP contribution in [0.25, 0.3) is 22.4 Å². The van der Waals surface area contributed by atoms with Crippen molar-refractivity contribution in [3.05, 3.63) is 34.9 Å². The molecule has 0 bridgehead atoms. The first-order chi connectivity index (χ1) is 16.4. The van der Waals surface area contributed by atoms with Crippen LogP contribution in [0.1, 0.15) is 43.6 Å². The molecule has 2 fully saturated rings. The van der Waals surface area contributed by atoms with E-state index in [9.17, 15) is 0 Å². The van der Waals surface area contributed by atoms with Gasteiger partial charge in [-0.1, -0.05) is 12.1 Å². The predicted molar refractivity (Wildman–Crippen MR) is 131 cm³/mol. The van der Waals surface area contributed by atoms with E-state index < -0.39 is 0 Å². The first kappa shape index (κ1) is 23.2. The van der Waals surface area contributed by atoms with Crippen molar-refractivity contribution < 1.29 is 13.7 Å². The van der Waals surface area contributed by atoms with E-state index in [-0.39, 0.29) is 5.82 Å². The van der Waals surface area contributed by atoms with Gasteiger partial charge in [-0.05, 0) is 69.2 Å². The molecule has 182 valence electrons. The summed E-state index contributed by atoms with van der Waals surface area (Å²) in [6.45, 7) is 13.5. The molecule has 8 heteroatoms. The topological polar surface area (TPSA) is 67.5 Å². The number of halogens is 1. The Balaban J connectivity index is 1.51. The van der Waals surface area contributed by atoms with Crippen LogP contribution in [0.4, 0.5) is 10.2 Å². The average Bonchev–Trinajstić information content (AvgIpc) is 3.27. The highest BCUT2D eigenvalue weighted by Crippen LogP contribution is 2.38. The molecule has 4 heterocycles. The second-order valence-electron chi connectivity index (χ2n) is 9.76. The van der Waals surface area contributed by atoms with Crippen LogP contribution in [-0.2, 0) is 11.2 Å². The SMILES string of the molecule is CCc1cc(F)c2nc(N3CCN(CC4CCOCC4)[C@@H](C)C3)c(-c3nc(C)no3)c(C)c2c1. The summed E-state index contributed by atoms with van der Waals surface area (Å²) in [5.41, 5.74) is 3.09. The number of fused-ring (bicyclic) bond motifs is 1. The van der Waals surface area contributed by atoms with E-state index in [1.807, 2.05) is 26.8 Å². The van der Waals surface area contributed by atoms with Gasteiger partial charge >= 0.3 is 0 Å². The number of aryl methyl sites for hydroxylation is 3. The van der Waals surface area contributed by atoms with Crippen molar-refractivity contribution >= 4 is 16.7 Å². The third kappa shape index (κ3) is 4.41. The molecule has 3 aromatic rings. The molecule has 0 unspecified atom stereocenters. The minimum Gasteiger partial charge on any atom is -0.381 e. The maximum atomic E-state index is 15.1. The van der Waals surface area contributed by atoms with Crippen molar-refractivity contribution in [1.82, 2.24) is 20.0 Å². The summed E-state index contributed by atoms with van der Waals surface area (Å²) in [5, 5.41) is 4.82. The molecular weight excluding hydrogens is 433 g/mol. The molecule has 0 radical (unpaired) electrons. The molecule has 0 N–H and O–H groups in total. The lowest BCUT2D eigenvalue weighted by Gasteiger charge is -2.42. The summed E-state index contributed by atoms with van der Waals surface area (Å²) in [4.78, 5) is 14.2. The fourth-order valence-corrected chi connectivity index (χ4v) is 5.33. The van der Waals surface area contributed by atoms with Crippen LogP contribution in [-0.4, -0.2) is 65.5 Å². The molecule has 5 rings (SSSR count). The van der Waals surface area contributed by atoms with Gasteiger partial charge in [0.1, 0.15) is 17.2 Å². The van der Waals surface area contributed by atoms with Gasteiger partial charge in [0.25, 0.3) is 5.89 Å². The summed E-state index contributed by atoms with van der Waals surface area (Å²) in [5.74, 6) is 2.16. The van der Waals surface area contributed by atoms with Gasteiger partial charge < -0.3 is 14.2 Å². The summed E-state index contributed by atoms with van der Waals surface area (Å²) < 4.78 is 26.3. The highest BCUT2D eigenvalue weighted by Gasteiger charge is 2.31. The maximum absolute atomic E-state index is 15.1. The lowest BCUT2D eigenvalue weighted by molar-refractivity contribution is 0.0447. The Morgan fingerprint density at radius 3 is 2.59 bits per heavy atom. The smallest absolute Gasteiger partial charge is 0.261 e. The van der Waals surface area contributed by atoms with Gasteiger partial charge in [-0.2, -0.15) is 4.98 Å². The van der Waals surface area contributed by atoms with E-state index in [0.717, 1.165) is 86.5 Å². The third-order valence-corrected chi connectivity index (χ3v) is 7.39. The fourth-order valence-electron chi connectivity index (χ4n) is 5.33. The van der Waals surface area contributed by atoms with Crippen LogP contribution >= 0.6 is 0 Å². The Labute approximate surface area is 200 Å². The zero-order chi connectivity index (χ0) is 23.8. The zero-order valence-electron chi connectivity index (χ0n) is 20.6. The van der Waals surface area contributed by atoms with E-state index in [0.29, 0.717) is 29.2 Å². The Morgan fingerprint density at radius 2 is 1.91 bits per heavy atom. The molecule has 0 saturated carbocycles. The minimum atomic E-state index is -0.279. The Bertz CT molecular complexity index is 1170. The molecular formula is C26H34FN5O2. The monoisotopic (exact) mass is 467 g/mol. The number of nitrogens with zero attached hydrogens (tertiary/aromatic N) is 5. The average molecular weight is 468 g/mol. The van der Waals surface area contributed by atoms with E-state index in [2.05, 4.69) is 26.9 Å². The highest BCUT2D eigenvalue weighted by atomic mass is 19.1. The first-order valence-corrected chi connectivity index (χ1v) is 12.4. The van der Waals surface area contributed by atoms with Crippen LogP contribution in [0.15, 0.2) is 16.7 Å². The summed E-state index contributed by atoms with van der Waals surface area (Å²) in [6.07, 6.45) is 3.03. The fraction of sp³-hybridized carbons (Fsp3) is 0.577. The molecule has 2 aliphatic rings. The Kier molecular flexibility index (Phi) is 6.53. The van der Waals surface area contributed by atoms with E-state index in [4.69, 9.17) is 14.2 Å². The number of rotatable bonds is 5. The molecule has 0 aliphatic carbocycles. The normalized spacial score (nSPS) is 20.4. The molecule has 2 aromatic heterocycles. The molecule has 7 nitrogen and oxygen atoms in total. The van der Waals surface area contributed by atoms with Gasteiger partial charge in [0.15, 0.2) is 5.82 Å². The van der Waals surface area contributed by atoms with Gasteiger partial charge in [0, 0.05) is 50.8 Å². The zero-order valence-corrected chi connectivity index (χ0v) is 20.6. The molecule has 1 aromatic carbocycles.